The van der Waals surface area contributed by atoms with Crippen molar-refractivity contribution >= 4 is 5.82 Å². The lowest BCUT2D eigenvalue weighted by molar-refractivity contribution is 0.174. The summed E-state index contributed by atoms with van der Waals surface area (Å²) in [6.07, 6.45) is 1.78. The monoisotopic (exact) mass is 245 g/mol. The van der Waals surface area contributed by atoms with E-state index in [-0.39, 0.29) is 0 Å². The zero-order chi connectivity index (χ0) is 12.5. The van der Waals surface area contributed by atoms with E-state index < -0.39 is 0 Å². The van der Waals surface area contributed by atoms with Crippen molar-refractivity contribution in [3.05, 3.63) is 35.5 Å². The highest BCUT2D eigenvalue weighted by atomic mass is 16.7. The largest absolute Gasteiger partial charge is 0.454 e. The number of benzene rings is 1. The lowest BCUT2D eigenvalue weighted by Crippen LogP contribution is -1.97. The molecule has 2 heterocycles. The highest BCUT2D eigenvalue weighted by molar-refractivity contribution is 5.44. The van der Waals surface area contributed by atoms with Crippen LogP contribution in [0.15, 0.2) is 24.3 Å². The lowest BCUT2D eigenvalue weighted by atomic mass is 10.1. The van der Waals surface area contributed by atoms with Crippen molar-refractivity contribution in [2.24, 2.45) is 7.05 Å². The average Bonchev–Trinajstić information content (AvgIpc) is 2.94. The Bertz CT molecular complexity index is 558. The Kier molecular flexibility index (Phi) is 2.59. The van der Waals surface area contributed by atoms with Crippen LogP contribution in [-0.4, -0.2) is 16.6 Å². The van der Waals surface area contributed by atoms with Crippen molar-refractivity contribution in [1.29, 1.82) is 0 Å². The molecule has 1 aliphatic rings. The minimum Gasteiger partial charge on any atom is -0.454 e. The number of hydrogen-bond donors (Lipinski definition) is 1. The van der Waals surface area contributed by atoms with Gasteiger partial charge in [-0.05, 0) is 30.5 Å². The first-order chi connectivity index (χ1) is 8.72. The summed E-state index contributed by atoms with van der Waals surface area (Å²) in [5, 5.41) is 4.33. The smallest absolute Gasteiger partial charge is 0.231 e. The molecule has 0 bridgehead atoms. The highest BCUT2D eigenvalue weighted by Gasteiger charge is 2.13. The molecule has 0 radical (unpaired) electrons. The Morgan fingerprint density at radius 2 is 2.06 bits per heavy atom. The maximum atomic E-state index is 5.75. The van der Waals surface area contributed by atoms with E-state index >= 15 is 0 Å². The molecule has 3 rings (SSSR count). The first kappa shape index (κ1) is 11.0. The fourth-order valence-electron chi connectivity index (χ4n) is 2.03. The van der Waals surface area contributed by atoms with Crippen molar-refractivity contribution in [2.45, 2.75) is 12.8 Å². The Hall–Kier alpha value is -2.17. The van der Waals surface area contributed by atoms with Gasteiger partial charge in [-0.15, -0.1) is 0 Å². The summed E-state index contributed by atoms with van der Waals surface area (Å²) < 4.78 is 12.3. The number of fused-ring (bicyclic) bond motifs is 1. The molecule has 0 atom stereocenters. The number of rotatable bonds is 3. The summed E-state index contributed by atoms with van der Waals surface area (Å²) in [6, 6.07) is 7.94. The van der Waals surface area contributed by atoms with E-state index in [4.69, 9.17) is 15.2 Å². The van der Waals surface area contributed by atoms with Crippen LogP contribution in [0.5, 0.6) is 11.5 Å². The fourth-order valence-corrected chi connectivity index (χ4v) is 2.03. The van der Waals surface area contributed by atoms with Gasteiger partial charge in [0.05, 0.1) is 5.69 Å². The second-order valence-corrected chi connectivity index (χ2v) is 4.37. The van der Waals surface area contributed by atoms with E-state index in [0.717, 1.165) is 30.0 Å². The van der Waals surface area contributed by atoms with Crippen molar-refractivity contribution in [1.82, 2.24) is 9.78 Å². The van der Waals surface area contributed by atoms with Crippen LogP contribution >= 0.6 is 0 Å². The molecule has 0 spiro atoms. The lowest BCUT2D eigenvalue weighted by Gasteiger charge is -2.01. The minimum absolute atomic E-state index is 0.315. The van der Waals surface area contributed by atoms with Gasteiger partial charge in [-0.25, -0.2) is 0 Å². The topological polar surface area (TPSA) is 62.3 Å². The van der Waals surface area contributed by atoms with E-state index in [1.165, 1.54) is 5.56 Å². The summed E-state index contributed by atoms with van der Waals surface area (Å²) in [5.74, 6) is 2.34. The summed E-state index contributed by atoms with van der Waals surface area (Å²) in [4.78, 5) is 0. The standard InChI is InChI=1S/C13H15N3O2/c1-16-13(14)7-10(15-16)4-2-9-3-5-11-12(6-9)18-8-17-11/h3,5-7H,2,4,8,14H2,1H3. The predicted molar refractivity (Wildman–Crippen MR) is 67.6 cm³/mol. The molecule has 0 unspecified atom stereocenters. The molecule has 0 saturated carbocycles. The van der Waals surface area contributed by atoms with Crippen LogP contribution in [0.2, 0.25) is 0 Å². The second kappa shape index (κ2) is 4.25. The Morgan fingerprint density at radius 1 is 1.22 bits per heavy atom. The van der Waals surface area contributed by atoms with Crippen LogP contribution in [-0.2, 0) is 19.9 Å². The quantitative estimate of drug-likeness (QED) is 0.890. The van der Waals surface area contributed by atoms with Crippen LogP contribution in [0.4, 0.5) is 5.82 Å². The molecule has 1 aromatic carbocycles. The van der Waals surface area contributed by atoms with Crippen molar-refractivity contribution in [2.75, 3.05) is 12.5 Å². The van der Waals surface area contributed by atoms with Crippen LogP contribution < -0.4 is 15.2 Å². The van der Waals surface area contributed by atoms with Gasteiger partial charge in [0.15, 0.2) is 11.5 Å². The zero-order valence-corrected chi connectivity index (χ0v) is 10.2. The number of hydrogen-bond acceptors (Lipinski definition) is 4. The number of nitrogens with zero attached hydrogens (tertiary/aromatic N) is 2. The molecule has 5 heteroatoms. The number of nitrogen functional groups attached to an aromatic ring is 1. The molecule has 94 valence electrons. The Morgan fingerprint density at radius 3 is 2.83 bits per heavy atom. The molecule has 0 saturated heterocycles. The number of nitrogens with two attached hydrogens (primary N) is 1. The zero-order valence-electron chi connectivity index (χ0n) is 10.2. The van der Waals surface area contributed by atoms with Gasteiger partial charge in [0, 0.05) is 13.1 Å². The molecule has 18 heavy (non-hydrogen) atoms. The van der Waals surface area contributed by atoms with E-state index in [2.05, 4.69) is 11.2 Å². The van der Waals surface area contributed by atoms with Crippen molar-refractivity contribution < 1.29 is 9.47 Å². The van der Waals surface area contributed by atoms with Gasteiger partial charge < -0.3 is 15.2 Å². The maximum Gasteiger partial charge on any atom is 0.231 e. The summed E-state index contributed by atoms with van der Waals surface area (Å²) >= 11 is 0. The van der Waals surface area contributed by atoms with Crippen LogP contribution in [0.25, 0.3) is 0 Å². The van der Waals surface area contributed by atoms with Gasteiger partial charge >= 0.3 is 0 Å². The molecule has 5 nitrogen and oxygen atoms in total. The van der Waals surface area contributed by atoms with E-state index in [1.54, 1.807) is 4.68 Å². The first-order valence-electron chi connectivity index (χ1n) is 5.89. The average molecular weight is 245 g/mol. The minimum atomic E-state index is 0.315. The van der Waals surface area contributed by atoms with Gasteiger partial charge in [-0.3, -0.25) is 4.68 Å². The third-order valence-electron chi connectivity index (χ3n) is 3.07. The number of anilines is 1. The van der Waals surface area contributed by atoms with Gasteiger partial charge in [0.1, 0.15) is 5.82 Å². The molecule has 0 aliphatic carbocycles. The third kappa shape index (κ3) is 1.99. The number of aromatic nitrogens is 2. The summed E-state index contributed by atoms with van der Waals surface area (Å²) in [6.45, 7) is 0.315. The third-order valence-corrected chi connectivity index (χ3v) is 3.07. The van der Waals surface area contributed by atoms with Crippen molar-refractivity contribution in [3.63, 3.8) is 0 Å². The molecule has 1 aromatic heterocycles. The predicted octanol–water partition coefficient (Wildman–Crippen LogP) is 1.52. The van der Waals surface area contributed by atoms with Crippen LogP contribution in [0, 0.1) is 0 Å². The van der Waals surface area contributed by atoms with Gasteiger partial charge in [-0.1, -0.05) is 6.07 Å². The summed E-state index contributed by atoms with van der Waals surface area (Å²) in [7, 11) is 1.85. The van der Waals surface area contributed by atoms with E-state index in [9.17, 15) is 0 Å². The normalized spacial score (nSPS) is 12.9. The molecular formula is C13H15N3O2. The first-order valence-corrected chi connectivity index (χ1v) is 5.89. The summed E-state index contributed by atoms with van der Waals surface area (Å²) in [5.41, 5.74) is 7.97. The number of aryl methyl sites for hydroxylation is 3. The second-order valence-electron chi connectivity index (χ2n) is 4.37. The maximum absolute atomic E-state index is 5.75. The molecule has 1 aliphatic heterocycles. The van der Waals surface area contributed by atoms with E-state index in [1.807, 2.05) is 25.2 Å². The molecule has 0 amide bonds. The SMILES string of the molecule is Cn1nc(CCc2ccc3c(c2)OCO3)cc1N. The van der Waals surface area contributed by atoms with E-state index in [0.29, 0.717) is 12.6 Å². The van der Waals surface area contributed by atoms with Crippen LogP contribution in [0.3, 0.4) is 0 Å². The Labute approximate surface area is 105 Å². The van der Waals surface area contributed by atoms with Crippen LogP contribution in [0.1, 0.15) is 11.3 Å². The molecule has 0 fully saturated rings. The van der Waals surface area contributed by atoms with Gasteiger partial charge in [0.25, 0.3) is 0 Å². The highest BCUT2D eigenvalue weighted by Crippen LogP contribution is 2.32. The molecule has 2 aromatic rings. The number of ether oxygens (including phenoxy) is 2. The Balaban J connectivity index is 1.70. The van der Waals surface area contributed by atoms with Gasteiger partial charge in [0.2, 0.25) is 6.79 Å². The fraction of sp³-hybridized carbons (Fsp3) is 0.308. The molecular weight excluding hydrogens is 230 g/mol. The van der Waals surface area contributed by atoms with Crippen molar-refractivity contribution in [3.8, 4) is 11.5 Å². The van der Waals surface area contributed by atoms with Gasteiger partial charge in [-0.2, -0.15) is 5.10 Å². The molecule has 2 N–H and O–H groups in total.